The van der Waals surface area contributed by atoms with Crippen LogP contribution < -0.4 is 9.47 Å². The fourth-order valence-corrected chi connectivity index (χ4v) is 4.41. The molecule has 5 aromatic rings. The summed E-state index contributed by atoms with van der Waals surface area (Å²) in [6.45, 7) is 0. The van der Waals surface area contributed by atoms with Crippen molar-refractivity contribution in [2.75, 3.05) is 0 Å². The van der Waals surface area contributed by atoms with Crippen LogP contribution in [-0.4, -0.2) is 4.57 Å². The number of benzene rings is 4. The molecule has 0 saturated heterocycles. The van der Waals surface area contributed by atoms with Gasteiger partial charge in [0.25, 0.3) is 0 Å². The first-order chi connectivity index (χ1) is 13.8. The minimum Gasteiger partial charge on any atom is -0.448 e. The molecule has 0 aliphatic carbocycles. The average molecular weight is 428 g/mol. The molecule has 134 valence electrons. The second kappa shape index (κ2) is 5.88. The second-order valence-electron chi connectivity index (χ2n) is 6.75. The minimum absolute atomic E-state index is 0.700. The van der Waals surface area contributed by atoms with E-state index < -0.39 is 0 Å². The van der Waals surface area contributed by atoms with Crippen LogP contribution in [0.15, 0.2) is 89.4 Å². The largest absolute Gasteiger partial charge is 0.448 e. The molecule has 0 radical (unpaired) electrons. The minimum atomic E-state index is 0.700. The molecule has 0 spiro atoms. The van der Waals surface area contributed by atoms with Gasteiger partial charge in [-0.15, -0.1) is 0 Å². The first-order valence-corrected chi connectivity index (χ1v) is 9.86. The van der Waals surface area contributed by atoms with Crippen molar-refractivity contribution >= 4 is 37.7 Å². The maximum absolute atomic E-state index is 6.39. The molecule has 6 rings (SSSR count). The van der Waals surface area contributed by atoms with Crippen LogP contribution in [-0.2, 0) is 0 Å². The Hall–Kier alpha value is -3.24. The molecular weight excluding hydrogens is 414 g/mol. The molecule has 4 aromatic carbocycles. The molecule has 1 aliphatic rings. The summed E-state index contributed by atoms with van der Waals surface area (Å²) >= 11 is 3.69. The van der Waals surface area contributed by atoms with Crippen LogP contribution in [0.5, 0.6) is 23.0 Å². The zero-order valence-electron chi connectivity index (χ0n) is 14.7. The monoisotopic (exact) mass is 427 g/mol. The molecular formula is C24H14BrNO2. The highest BCUT2D eigenvalue weighted by Crippen LogP contribution is 2.53. The number of para-hydroxylation sites is 4. The summed E-state index contributed by atoms with van der Waals surface area (Å²) in [5, 5.41) is 2.29. The van der Waals surface area contributed by atoms with Gasteiger partial charge in [-0.05, 0) is 52.3 Å². The highest BCUT2D eigenvalue weighted by atomic mass is 79.9. The van der Waals surface area contributed by atoms with Gasteiger partial charge in [0.1, 0.15) is 5.52 Å². The van der Waals surface area contributed by atoms with Crippen LogP contribution in [0.2, 0.25) is 0 Å². The van der Waals surface area contributed by atoms with E-state index in [1.165, 1.54) is 5.39 Å². The fourth-order valence-electron chi connectivity index (χ4n) is 3.92. The van der Waals surface area contributed by atoms with Crippen LogP contribution in [0.1, 0.15) is 0 Å². The van der Waals surface area contributed by atoms with E-state index >= 15 is 0 Å². The molecule has 2 heterocycles. The third-order valence-electron chi connectivity index (χ3n) is 5.11. The van der Waals surface area contributed by atoms with Crippen LogP contribution in [0.3, 0.4) is 0 Å². The first kappa shape index (κ1) is 15.8. The third kappa shape index (κ3) is 2.15. The van der Waals surface area contributed by atoms with Crippen molar-refractivity contribution in [1.29, 1.82) is 0 Å². The predicted molar refractivity (Wildman–Crippen MR) is 115 cm³/mol. The number of ether oxygens (including phenoxy) is 2. The fraction of sp³-hybridized carbons (Fsp3) is 0. The molecule has 0 atom stereocenters. The molecule has 1 aliphatic heterocycles. The summed E-state index contributed by atoms with van der Waals surface area (Å²) in [5.41, 5.74) is 3.22. The second-order valence-corrected chi connectivity index (χ2v) is 7.61. The van der Waals surface area contributed by atoms with Crippen LogP contribution in [0, 0.1) is 0 Å². The Morgan fingerprint density at radius 1 is 0.643 bits per heavy atom. The van der Waals surface area contributed by atoms with Gasteiger partial charge in [0.2, 0.25) is 0 Å². The van der Waals surface area contributed by atoms with E-state index in [0.29, 0.717) is 5.75 Å². The maximum atomic E-state index is 6.39. The van der Waals surface area contributed by atoms with Crippen molar-refractivity contribution < 1.29 is 9.47 Å². The summed E-state index contributed by atoms with van der Waals surface area (Å²) in [6.07, 6.45) is 0. The Morgan fingerprint density at radius 3 is 2.07 bits per heavy atom. The van der Waals surface area contributed by atoms with Crippen molar-refractivity contribution in [1.82, 2.24) is 4.57 Å². The van der Waals surface area contributed by atoms with E-state index in [4.69, 9.17) is 9.47 Å². The van der Waals surface area contributed by atoms with Crippen molar-refractivity contribution in [3.63, 3.8) is 0 Å². The van der Waals surface area contributed by atoms with Gasteiger partial charge in [0.15, 0.2) is 23.0 Å². The standard InChI is InChI=1S/C24H14BrNO2/c25-18-14-17-16-10-4-5-11-19(16)26(15-8-2-1-3-9-15)22(17)24-23(18)27-20-12-6-7-13-21(20)28-24/h1-14H. The van der Waals surface area contributed by atoms with Gasteiger partial charge in [-0.25, -0.2) is 0 Å². The Morgan fingerprint density at radius 2 is 1.29 bits per heavy atom. The summed E-state index contributed by atoms with van der Waals surface area (Å²) < 4.78 is 15.7. The SMILES string of the molecule is Brc1cc2c3ccccc3n(-c3ccccc3)c2c2c1Oc1ccccc1O2. The zero-order chi connectivity index (χ0) is 18.7. The van der Waals surface area contributed by atoms with Gasteiger partial charge in [0, 0.05) is 16.5 Å². The molecule has 0 N–H and O–H groups in total. The van der Waals surface area contributed by atoms with Crippen molar-refractivity contribution in [2.45, 2.75) is 0 Å². The predicted octanol–water partition coefficient (Wildman–Crippen LogP) is 7.44. The smallest absolute Gasteiger partial charge is 0.195 e. The van der Waals surface area contributed by atoms with Crippen molar-refractivity contribution in [3.05, 3.63) is 89.4 Å². The molecule has 28 heavy (non-hydrogen) atoms. The lowest BCUT2D eigenvalue weighted by Gasteiger charge is -2.23. The molecule has 0 amide bonds. The lowest BCUT2D eigenvalue weighted by molar-refractivity contribution is 0.360. The van der Waals surface area contributed by atoms with E-state index in [0.717, 1.165) is 43.8 Å². The summed E-state index contributed by atoms with van der Waals surface area (Å²) in [4.78, 5) is 0. The van der Waals surface area contributed by atoms with Gasteiger partial charge >= 0.3 is 0 Å². The summed E-state index contributed by atoms with van der Waals surface area (Å²) in [5.74, 6) is 2.87. The van der Waals surface area contributed by atoms with E-state index in [1.807, 2.05) is 42.5 Å². The van der Waals surface area contributed by atoms with Gasteiger partial charge in [-0.3, -0.25) is 0 Å². The molecule has 0 bridgehead atoms. The van der Waals surface area contributed by atoms with Gasteiger partial charge in [-0.2, -0.15) is 0 Å². The normalized spacial score (nSPS) is 12.3. The molecule has 0 unspecified atom stereocenters. The Balaban J connectivity index is 1.78. The highest BCUT2D eigenvalue weighted by Gasteiger charge is 2.27. The van der Waals surface area contributed by atoms with E-state index in [1.54, 1.807) is 0 Å². The lowest BCUT2D eigenvalue weighted by atomic mass is 10.1. The van der Waals surface area contributed by atoms with E-state index in [2.05, 4.69) is 63.0 Å². The number of rotatable bonds is 1. The van der Waals surface area contributed by atoms with Gasteiger partial charge in [0.05, 0.1) is 9.99 Å². The van der Waals surface area contributed by atoms with Gasteiger partial charge < -0.3 is 14.0 Å². The van der Waals surface area contributed by atoms with Crippen LogP contribution >= 0.6 is 15.9 Å². The Bertz CT molecular complexity index is 1370. The Kier molecular flexibility index (Phi) is 3.31. The molecule has 1 aromatic heterocycles. The number of aromatic nitrogens is 1. The zero-order valence-corrected chi connectivity index (χ0v) is 16.3. The quantitative estimate of drug-likeness (QED) is 0.272. The first-order valence-electron chi connectivity index (χ1n) is 9.07. The average Bonchev–Trinajstić information content (AvgIpc) is 3.08. The molecule has 0 fully saturated rings. The van der Waals surface area contributed by atoms with E-state index in [9.17, 15) is 0 Å². The van der Waals surface area contributed by atoms with Crippen molar-refractivity contribution in [3.8, 4) is 28.7 Å². The maximum Gasteiger partial charge on any atom is 0.195 e. The summed E-state index contributed by atoms with van der Waals surface area (Å²) in [7, 11) is 0. The van der Waals surface area contributed by atoms with E-state index in [-0.39, 0.29) is 0 Å². The molecule has 4 heteroatoms. The Labute approximate surface area is 169 Å². The lowest BCUT2D eigenvalue weighted by Crippen LogP contribution is -2.02. The number of halogens is 1. The number of hydrogen-bond donors (Lipinski definition) is 0. The summed E-state index contributed by atoms with van der Waals surface area (Å²) in [6, 6.07) is 28.6. The van der Waals surface area contributed by atoms with Gasteiger partial charge in [-0.1, -0.05) is 48.5 Å². The third-order valence-corrected chi connectivity index (χ3v) is 5.70. The molecule has 0 saturated carbocycles. The van der Waals surface area contributed by atoms with Crippen LogP contribution in [0.4, 0.5) is 0 Å². The number of fused-ring (bicyclic) bond motifs is 6. The highest BCUT2D eigenvalue weighted by molar-refractivity contribution is 9.10. The molecule has 3 nitrogen and oxygen atoms in total. The topological polar surface area (TPSA) is 23.4 Å². The number of nitrogens with zero attached hydrogens (tertiary/aromatic N) is 1. The number of hydrogen-bond acceptors (Lipinski definition) is 2. The van der Waals surface area contributed by atoms with Crippen LogP contribution in [0.25, 0.3) is 27.5 Å². The van der Waals surface area contributed by atoms with Crippen molar-refractivity contribution in [2.24, 2.45) is 0 Å².